The van der Waals surface area contributed by atoms with Crippen molar-refractivity contribution in [2.24, 2.45) is 5.92 Å². The maximum absolute atomic E-state index is 12.9. The van der Waals surface area contributed by atoms with E-state index < -0.39 is 20.0 Å². The average Bonchev–Trinajstić information content (AvgIpc) is 2.54. The van der Waals surface area contributed by atoms with Crippen molar-refractivity contribution >= 4 is 25.7 Å². The molecule has 0 unspecified atom stereocenters. The highest BCUT2D eigenvalue weighted by Crippen LogP contribution is 2.30. The number of benzene rings is 1. The molecule has 0 N–H and O–H groups in total. The molecule has 2 saturated heterocycles. The molecule has 0 spiro atoms. The van der Waals surface area contributed by atoms with Gasteiger partial charge in [0, 0.05) is 19.6 Å². The molecule has 0 aromatic heterocycles. The lowest BCUT2D eigenvalue weighted by Gasteiger charge is -2.31. The van der Waals surface area contributed by atoms with Crippen LogP contribution < -0.4 is 4.31 Å². The lowest BCUT2D eigenvalue weighted by molar-refractivity contribution is 0.288. The molecule has 25 heavy (non-hydrogen) atoms. The first kappa shape index (κ1) is 18.7. The summed E-state index contributed by atoms with van der Waals surface area (Å²) in [6.45, 7) is 5.43. The normalized spacial score (nSPS) is 22.9. The zero-order chi connectivity index (χ0) is 18.2. The van der Waals surface area contributed by atoms with Gasteiger partial charge in [-0.3, -0.25) is 4.31 Å². The summed E-state index contributed by atoms with van der Waals surface area (Å²) in [4.78, 5) is 0.278. The van der Waals surface area contributed by atoms with Crippen molar-refractivity contribution in [2.45, 2.75) is 44.4 Å². The van der Waals surface area contributed by atoms with E-state index >= 15 is 0 Å². The second kappa shape index (κ2) is 6.89. The number of anilines is 1. The van der Waals surface area contributed by atoms with Crippen molar-refractivity contribution in [3.8, 4) is 0 Å². The summed E-state index contributed by atoms with van der Waals surface area (Å²) in [6.07, 6.45) is 3.26. The topological polar surface area (TPSA) is 74.8 Å². The lowest BCUT2D eigenvalue weighted by Crippen LogP contribution is -2.39. The molecule has 140 valence electrons. The van der Waals surface area contributed by atoms with E-state index in [2.05, 4.69) is 6.92 Å². The molecule has 8 heteroatoms. The lowest BCUT2D eigenvalue weighted by atomic mass is 10.0. The van der Waals surface area contributed by atoms with Crippen LogP contribution in [0.5, 0.6) is 0 Å². The first-order valence-corrected chi connectivity index (χ1v) is 11.9. The smallest absolute Gasteiger partial charge is 0.243 e. The maximum atomic E-state index is 12.9. The molecule has 0 radical (unpaired) electrons. The standard InChI is InChI=1S/C17H26N2O4S2/c1-14-7-10-18(11-8-14)25(22,23)17-6-5-16(13-15(17)2)19-9-3-4-12-24(19,20)21/h5-6,13-14H,3-4,7-12H2,1-2H3. The van der Waals surface area contributed by atoms with Crippen LogP contribution in [0, 0.1) is 12.8 Å². The molecule has 3 rings (SSSR count). The van der Waals surface area contributed by atoms with Crippen LogP contribution in [-0.4, -0.2) is 46.5 Å². The van der Waals surface area contributed by atoms with E-state index in [1.54, 1.807) is 29.4 Å². The van der Waals surface area contributed by atoms with Crippen LogP contribution in [0.3, 0.4) is 0 Å². The van der Waals surface area contributed by atoms with Crippen LogP contribution in [-0.2, 0) is 20.0 Å². The van der Waals surface area contributed by atoms with Crippen LogP contribution >= 0.6 is 0 Å². The molecule has 1 aromatic rings. The molecule has 0 bridgehead atoms. The molecule has 1 aromatic carbocycles. The Hall–Kier alpha value is -1.12. The minimum absolute atomic E-state index is 0.151. The number of rotatable bonds is 3. The number of piperidine rings is 1. The summed E-state index contributed by atoms with van der Waals surface area (Å²) < 4.78 is 53.3. The fourth-order valence-corrected chi connectivity index (χ4v) is 6.83. The minimum atomic E-state index is -3.53. The van der Waals surface area contributed by atoms with Gasteiger partial charge in [-0.05, 0) is 62.3 Å². The molecule has 2 heterocycles. The Kier molecular flexibility index (Phi) is 5.14. The molecule has 6 nitrogen and oxygen atoms in total. The molecule has 0 atom stereocenters. The Morgan fingerprint density at radius 1 is 1.08 bits per heavy atom. The van der Waals surface area contributed by atoms with Gasteiger partial charge < -0.3 is 0 Å². The van der Waals surface area contributed by atoms with Gasteiger partial charge in [-0.25, -0.2) is 16.8 Å². The minimum Gasteiger partial charge on any atom is -0.270 e. The Morgan fingerprint density at radius 3 is 2.36 bits per heavy atom. The maximum Gasteiger partial charge on any atom is 0.243 e. The van der Waals surface area contributed by atoms with E-state index in [9.17, 15) is 16.8 Å². The van der Waals surface area contributed by atoms with E-state index in [0.29, 0.717) is 43.2 Å². The van der Waals surface area contributed by atoms with Crippen LogP contribution in [0.1, 0.15) is 38.2 Å². The summed E-state index contributed by atoms with van der Waals surface area (Å²) in [5, 5.41) is 0. The molecule has 0 aliphatic carbocycles. The van der Waals surface area contributed by atoms with Crippen LogP contribution in [0.4, 0.5) is 5.69 Å². The Balaban J connectivity index is 1.89. The summed E-state index contributed by atoms with van der Waals surface area (Å²) in [6, 6.07) is 4.86. The highest BCUT2D eigenvalue weighted by atomic mass is 32.2. The van der Waals surface area contributed by atoms with Crippen molar-refractivity contribution < 1.29 is 16.8 Å². The third-order valence-corrected chi connectivity index (χ3v) is 9.08. The summed E-state index contributed by atoms with van der Waals surface area (Å²) >= 11 is 0. The number of hydrogen-bond acceptors (Lipinski definition) is 4. The van der Waals surface area contributed by atoms with E-state index in [0.717, 1.165) is 19.3 Å². The SMILES string of the molecule is Cc1cc(N2CCCCS2(=O)=O)ccc1S(=O)(=O)N1CCC(C)CC1. The highest BCUT2D eigenvalue weighted by molar-refractivity contribution is 7.92. The number of aryl methyl sites for hydroxylation is 1. The summed E-state index contributed by atoms with van der Waals surface area (Å²) in [7, 11) is -6.82. The zero-order valence-electron chi connectivity index (χ0n) is 14.8. The predicted molar refractivity (Wildman–Crippen MR) is 98.7 cm³/mol. The fraction of sp³-hybridized carbons (Fsp3) is 0.647. The first-order valence-electron chi connectivity index (χ1n) is 8.83. The Labute approximate surface area is 150 Å². The van der Waals surface area contributed by atoms with Gasteiger partial charge in [0.25, 0.3) is 0 Å². The Morgan fingerprint density at radius 2 is 1.76 bits per heavy atom. The van der Waals surface area contributed by atoms with Crippen molar-refractivity contribution in [1.82, 2.24) is 4.31 Å². The molecular weight excluding hydrogens is 360 g/mol. The van der Waals surface area contributed by atoms with Crippen LogP contribution in [0.25, 0.3) is 0 Å². The number of sulfonamides is 2. The predicted octanol–water partition coefficient (Wildman–Crippen LogP) is 2.35. The van der Waals surface area contributed by atoms with Crippen LogP contribution in [0.15, 0.2) is 23.1 Å². The van der Waals surface area contributed by atoms with Gasteiger partial charge in [0.2, 0.25) is 20.0 Å². The molecule has 2 aliphatic rings. The molecule has 0 saturated carbocycles. The second-order valence-corrected chi connectivity index (χ2v) is 11.1. The van der Waals surface area contributed by atoms with Gasteiger partial charge in [-0.1, -0.05) is 6.92 Å². The second-order valence-electron chi connectivity index (χ2n) is 7.13. The zero-order valence-corrected chi connectivity index (χ0v) is 16.4. The molecular formula is C17H26N2O4S2. The molecule has 0 amide bonds. The van der Waals surface area contributed by atoms with E-state index in [-0.39, 0.29) is 10.6 Å². The fourth-order valence-electron chi connectivity index (χ4n) is 3.52. The van der Waals surface area contributed by atoms with Crippen molar-refractivity contribution in [3.63, 3.8) is 0 Å². The molecule has 2 fully saturated rings. The van der Waals surface area contributed by atoms with Crippen molar-refractivity contribution in [1.29, 1.82) is 0 Å². The first-order chi connectivity index (χ1) is 11.7. The third kappa shape index (κ3) is 3.71. The van der Waals surface area contributed by atoms with Gasteiger partial charge >= 0.3 is 0 Å². The third-order valence-electron chi connectivity index (χ3n) is 5.16. The number of hydrogen-bond donors (Lipinski definition) is 0. The Bertz CT molecular complexity index is 841. The van der Waals surface area contributed by atoms with Crippen LogP contribution in [0.2, 0.25) is 0 Å². The molecule has 2 aliphatic heterocycles. The quantitative estimate of drug-likeness (QED) is 0.799. The summed E-state index contributed by atoms with van der Waals surface area (Å²) in [5.74, 6) is 0.706. The van der Waals surface area contributed by atoms with Gasteiger partial charge in [0.15, 0.2) is 0 Å². The van der Waals surface area contributed by atoms with Gasteiger partial charge in [-0.15, -0.1) is 0 Å². The average molecular weight is 387 g/mol. The van der Waals surface area contributed by atoms with E-state index in [4.69, 9.17) is 0 Å². The number of nitrogens with zero attached hydrogens (tertiary/aromatic N) is 2. The van der Waals surface area contributed by atoms with Gasteiger partial charge in [0.1, 0.15) is 0 Å². The van der Waals surface area contributed by atoms with Crippen molar-refractivity contribution in [3.05, 3.63) is 23.8 Å². The van der Waals surface area contributed by atoms with E-state index in [1.165, 1.54) is 4.31 Å². The highest BCUT2D eigenvalue weighted by Gasteiger charge is 2.31. The monoisotopic (exact) mass is 386 g/mol. The summed E-state index contributed by atoms with van der Waals surface area (Å²) in [5.41, 5.74) is 1.15. The van der Waals surface area contributed by atoms with Gasteiger partial charge in [-0.2, -0.15) is 4.31 Å². The largest absolute Gasteiger partial charge is 0.270 e. The van der Waals surface area contributed by atoms with E-state index in [1.807, 2.05) is 0 Å². The van der Waals surface area contributed by atoms with Crippen molar-refractivity contribution in [2.75, 3.05) is 29.7 Å². The van der Waals surface area contributed by atoms with Gasteiger partial charge in [0.05, 0.1) is 16.3 Å².